The van der Waals surface area contributed by atoms with Crippen molar-refractivity contribution < 1.29 is 4.79 Å². The number of likely N-dealkylation sites (N-methyl/N-ethyl adjacent to an activating group) is 1. The third-order valence-electron chi connectivity index (χ3n) is 4.03. The van der Waals surface area contributed by atoms with Crippen molar-refractivity contribution in [2.24, 2.45) is 5.84 Å². The highest BCUT2D eigenvalue weighted by molar-refractivity contribution is 5.99. The molecular weight excluding hydrogens is 242 g/mol. The van der Waals surface area contributed by atoms with Gasteiger partial charge in [-0.15, -0.1) is 0 Å². The smallest absolute Gasteiger partial charge is 0.255 e. The van der Waals surface area contributed by atoms with Crippen LogP contribution in [0.1, 0.15) is 29.6 Å². The van der Waals surface area contributed by atoms with Crippen LogP contribution in [0.25, 0.3) is 0 Å². The van der Waals surface area contributed by atoms with Gasteiger partial charge in [-0.1, -0.05) is 0 Å². The number of carbonyl (C=O) groups is 1. The Morgan fingerprint density at radius 2 is 2.26 bits per heavy atom. The molecule has 0 saturated heterocycles. The fourth-order valence-electron chi connectivity index (χ4n) is 2.41. The van der Waals surface area contributed by atoms with E-state index in [1.165, 1.54) is 12.6 Å². The summed E-state index contributed by atoms with van der Waals surface area (Å²) in [6, 6.07) is 1.68. The van der Waals surface area contributed by atoms with E-state index in [9.17, 15) is 4.79 Å². The minimum atomic E-state index is -0.144. The highest BCUT2D eigenvalue weighted by atomic mass is 16.1. The van der Waals surface area contributed by atoms with Gasteiger partial charge < -0.3 is 15.6 Å². The van der Waals surface area contributed by atoms with Gasteiger partial charge in [0.1, 0.15) is 0 Å². The van der Waals surface area contributed by atoms with E-state index in [1.54, 1.807) is 12.3 Å². The number of nitrogens with zero attached hydrogens (tertiary/aromatic N) is 2. The van der Waals surface area contributed by atoms with Gasteiger partial charge in [0.05, 0.1) is 11.3 Å². The molecule has 6 nitrogen and oxygen atoms in total. The minimum Gasteiger partial charge on any atom is -0.350 e. The molecule has 0 bridgehead atoms. The number of nitrogens with two attached hydrogens (primary N) is 1. The molecule has 104 valence electrons. The average molecular weight is 263 g/mol. The molecule has 6 heteroatoms. The summed E-state index contributed by atoms with van der Waals surface area (Å²) in [7, 11) is 4.12. The summed E-state index contributed by atoms with van der Waals surface area (Å²) in [6.45, 7) is 0.651. The van der Waals surface area contributed by atoms with E-state index in [0.717, 1.165) is 12.8 Å². The molecule has 1 aliphatic carbocycles. The molecule has 4 N–H and O–H groups in total. The number of nitrogens with one attached hydrogen (secondary N) is 2. The number of rotatable bonds is 5. The number of amides is 1. The van der Waals surface area contributed by atoms with Gasteiger partial charge in [0.25, 0.3) is 5.91 Å². The number of hydrazine groups is 1. The lowest BCUT2D eigenvalue weighted by Gasteiger charge is -2.47. The van der Waals surface area contributed by atoms with Gasteiger partial charge in [0.15, 0.2) is 0 Å². The molecule has 0 aliphatic heterocycles. The Balaban J connectivity index is 2.01. The molecule has 19 heavy (non-hydrogen) atoms. The first kappa shape index (κ1) is 13.8. The van der Waals surface area contributed by atoms with Crippen LogP contribution in [-0.2, 0) is 0 Å². The molecule has 1 aromatic rings. The normalized spacial score (nSPS) is 16.8. The predicted molar refractivity (Wildman–Crippen MR) is 74.6 cm³/mol. The molecule has 2 rings (SSSR count). The second kappa shape index (κ2) is 5.54. The summed E-state index contributed by atoms with van der Waals surface area (Å²) < 4.78 is 0. The SMILES string of the molecule is CN(C)C1(CNC(=O)c2cnccc2NN)CCC1. The summed E-state index contributed by atoms with van der Waals surface area (Å²) in [5, 5.41) is 2.98. The van der Waals surface area contributed by atoms with E-state index in [-0.39, 0.29) is 11.4 Å². The second-order valence-electron chi connectivity index (χ2n) is 5.22. The van der Waals surface area contributed by atoms with Crippen LogP contribution >= 0.6 is 0 Å². The van der Waals surface area contributed by atoms with Crippen molar-refractivity contribution in [3.8, 4) is 0 Å². The number of hydrogen-bond acceptors (Lipinski definition) is 5. The Hall–Kier alpha value is -1.66. The van der Waals surface area contributed by atoms with Crippen LogP contribution in [0.4, 0.5) is 5.69 Å². The minimum absolute atomic E-state index is 0.105. The van der Waals surface area contributed by atoms with Gasteiger partial charge in [-0.3, -0.25) is 15.6 Å². The number of aromatic nitrogens is 1. The molecule has 1 aliphatic rings. The molecule has 0 radical (unpaired) electrons. The maximum atomic E-state index is 12.2. The molecule has 0 aromatic carbocycles. The van der Waals surface area contributed by atoms with Gasteiger partial charge >= 0.3 is 0 Å². The van der Waals surface area contributed by atoms with Crippen molar-refractivity contribution >= 4 is 11.6 Å². The zero-order valence-electron chi connectivity index (χ0n) is 11.4. The summed E-state index contributed by atoms with van der Waals surface area (Å²) in [4.78, 5) is 18.3. The van der Waals surface area contributed by atoms with E-state index in [1.807, 2.05) is 0 Å². The van der Waals surface area contributed by atoms with Gasteiger partial charge in [0, 0.05) is 24.5 Å². The van der Waals surface area contributed by atoms with Gasteiger partial charge in [-0.25, -0.2) is 0 Å². The summed E-state index contributed by atoms with van der Waals surface area (Å²) in [6.07, 6.45) is 6.58. The lowest BCUT2D eigenvalue weighted by Crippen LogP contribution is -2.57. The van der Waals surface area contributed by atoms with Crippen molar-refractivity contribution in [2.45, 2.75) is 24.8 Å². The summed E-state index contributed by atoms with van der Waals surface area (Å²) in [5.41, 5.74) is 3.67. The summed E-state index contributed by atoms with van der Waals surface area (Å²) >= 11 is 0. The van der Waals surface area contributed by atoms with Crippen LogP contribution in [-0.4, -0.2) is 42.0 Å². The molecule has 1 amide bonds. The first-order valence-corrected chi connectivity index (χ1v) is 6.45. The summed E-state index contributed by atoms with van der Waals surface area (Å²) in [5.74, 6) is 5.25. The molecule has 0 unspecified atom stereocenters. The van der Waals surface area contributed by atoms with Crippen LogP contribution in [0.5, 0.6) is 0 Å². The van der Waals surface area contributed by atoms with Crippen molar-refractivity contribution in [3.63, 3.8) is 0 Å². The fourth-order valence-corrected chi connectivity index (χ4v) is 2.41. The molecule has 0 atom stereocenters. The fraction of sp³-hybridized carbons (Fsp3) is 0.538. The maximum absolute atomic E-state index is 12.2. The molecule has 1 saturated carbocycles. The van der Waals surface area contributed by atoms with E-state index < -0.39 is 0 Å². The van der Waals surface area contributed by atoms with Crippen LogP contribution in [0, 0.1) is 0 Å². The van der Waals surface area contributed by atoms with E-state index in [4.69, 9.17) is 5.84 Å². The second-order valence-corrected chi connectivity index (χ2v) is 5.22. The third-order valence-corrected chi connectivity index (χ3v) is 4.03. The highest BCUT2D eigenvalue weighted by Gasteiger charge is 2.39. The van der Waals surface area contributed by atoms with Crippen molar-refractivity contribution in [1.82, 2.24) is 15.2 Å². The number of pyridine rings is 1. The topological polar surface area (TPSA) is 83.3 Å². The maximum Gasteiger partial charge on any atom is 0.255 e. The lowest BCUT2D eigenvalue weighted by atomic mass is 9.75. The lowest BCUT2D eigenvalue weighted by molar-refractivity contribution is 0.0558. The molecule has 1 fully saturated rings. The molecular formula is C13H21N5O. The number of anilines is 1. The highest BCUT2D eigenvalue weighted by Crippen LogP contribution is 2.35. The van der Waals surface area contributed by atoms with Crippen molar-refractivity contribution in [2.75, 3.05) is 26.1 Å². The van der Waals surface area contributed by atoms with Crippen LogP contribution in [0.15, 0.2) is 18.5 Å². The van der Waals surface area contributed by atoms with Crippen LogP contribution in [0.2, 0.25) is 0 Å². The standard InChI is InChI=1S/C13H21N5O/c1-18(2)13(5-3-6-13)9-16-12(19)10-8-15-7-4-11(10)17-14/h4,7-8H,3,5-6,9,14H2,1-2H3,(H,15,17)(H,16,19). The Morgan fingerprint density at radius 1 is 1.53 bits per heavy atom. The average Bonchev–Trinajstić information content (AvgIpc) is 2.36. The van der Waals surface area contributed by atoms with Crippen molar-refractivity contribution in [1.29, 1.82) is 0 Å². The van der Waals surface area contributed by atoms with Gasteiger partial charge in [-0.2, -0.15) is 0 Å². The third kappa shape index (κ3) is 2.69. The van der Waals surface area contributed by atoms with E-state index in [0.29, 0.717) is 17.8 Å². The predicted octanol–water partition coefficient (Wildman–Crippen LogP) is 0.581. The Labute approximate surface area is 113 Å². The van der Waals surface area contributed by atoms with Crippen LogP contribution < -0.4 is 16.6 Å². The van der Waals surface area contributed by atoms with Gasteiger partial charge in [0.2, 0.25) is 0 Å². The largest absolute Gasteiger partial charge is 0.350 e. The van der Waals surface area contributed by atoms with Gasteiger partial charge in [-0.05, 0) is 39.4 Å². The van der Waals surface area contributed by atoms with E-state index >= 15 is 0 Å². The zero-order chi connectivity index (χ0) is 13.9. The first-order valence-electron chi connectivity index (χ1n) is 6.45. The first-order chi connectivity index (χ1) is 9.09. The number of nitrogen functional groups attached to an aromatic ring is 1. The Bertz CT molecular complexity index is 456. The van der Waals surface area contributed by atoms with Crippen molar-refractivity contribution in [3.05, 3.63) is 24.0 Å². The van der Waals surface area contributed by atoms with E-state index in [2.05, 4.69) is 34.7 Å². The number of carbonyl (C=O) groups excluding carboxylic acids is 1. The number of hydrogen-bond donors (Lipinski definition) is 3. The quantitative estimate of drug-likeness (QED) is 0.535. The molecule has 0 spiro atoms. The Morgan fingerprint density at radius 3 is 2.79 bits per heavy atom. The zero-order valence-corrected chi connectivity index (χ0v) is 11.4. The molecule has 1 aromatic heterocycles. The Kier molecular flexibility index (Phi) is 4.01. The van der Waals surface area contributed by atoms with Crippen LogP contribution in [0.3, 0.4) is 0 Å². The molecule has 1 heterocycles. The monoisotopic (exact) mass is 263 g/mol.